The van der Waals surface area contributed by atoms with Crippen molar-refractivity contribution in [3.63, 3.8) is 0 Å². The van der Waals surface area contributed by atoms with Crippen LogP contribution in [0.1, 0.15) is 49.7 Å². The van der Waals surface area contributed by atoms with Crippen LogP contribution in [0.4, 0.5) is 11.5 Å². The largest absolute Gasteiger partial charge is 0.367 e. The molecule has 25 heavy (non-hydrogen) atoms. The topological polar surface area (TPSA) is 54.0 Å². The third kappa shape index (κ3) is 5.31. The first-order chi connectivity index (χ1) is 12.2. The summed E-state index contributed by atoms with van der Waals surface area (Å²) in [6.45, 7) is 2.03. The molecule has 1 aromatic heterocycles. The minimum atomic E-state index is -0.0134. The second kappa shape index (κ2) is 8.65. The Morgan fingerprint density at radius 3 is 2.52 bits per heavy atom. The summed E-state index contributed by atoms with van der Waals surface area (Å²) >= 11 is 0. The van der Waals surface area contributed by atoms with E-state index < -0.39 is 0 Å². The molecule has 1 amide bonds. The molecule has 0 radical (unpaired) electrons. The summed E-state index contributed by atoms with van der Waals surface area (Å²) in [5, 5.41) is 6.45. The number of hydrogen-bond donors (Lipinski definition) is 2. The fourth-order valence-corrected chi connectivity index (χ4v) is 3.37. The number of benzene rings is 1. The Morgan fingerprint density at radius 2 is 1.84 bits per heavy atom. The zero-order chi connectivity index (χ0) is 17.5. The summed E-state index contributed by atoms with van der Waals surface area (Å²) in [6.07, 6.45) is 9.83. The van der Waals surface area contributed by atoms with Crippen LogP contribution in [0.5, 0.6) is 0 Å². The maximum absolute atomic E-state index is 12.2. The van der Waals surface area contributed by atoms with Gasteiger partial charge >= 0.3 is 0 Å². The first-order valence-corrected chi connectivity index (χ1v) is 9.27. The number of amides is 1. The van der Waals surface area contributed by atoms with Crippen molar-refractivity contribution in [3.05, 3.63) is 53.7 Å². The van der Waals surface area contributed by atoms with Crippen LogP contribution in [0.3, 0.4) is 0 Å². The normalized spacial score (nSPS) is 15.4. The lowest BCUT2D eigenvalue weighted by Gasteiger charge is -2.17. The zero-order valence-electron chi connectivity index (χ0n) is 14.9. The van der Waals surface area contributed by atoms with Crippen molar-refractivity contribution in [3.8, 4) is 0 Å². The Bertz CT molecular complexity index is 689. The van der Waals surface area contributed by atoms with Gasteiger partial charge in [-0.2, -0.15) is 0 Å². The molecule has 2 aromatic rings. The molecule has 4 nitrogen and oxygen atoms in total. The summed E-state index contributed by atoms with van der Waals surface area (Å²) in [7, 11) is 0. The number of aryl methyl sites for hydroxylation is 1. The predicted octanol–water partition coefficient (Wildman–Crippen LogP) is 4.71. The van der Waals surface area contributed by atoms with E-state index in [0.29, 0.717) is 12.5 Å². The van der Waals surface area contributed by atoms with Crippen molar-refractivity contribution in [1.29, 1.82) is 0 Å². The van der Waals surface area contributed by atoms with Crippen LogP contribution in [0.15, 0.2) is 42.6 Å². The highest BCUT2D eigenvalue weighted by atomic mass is 16.1. The van der Waals surface area contributed by atoms with Crippen LogP contribution < -0.4 is 10.6 Å². The molecule has 0 aliphatic heterocycles. The Hall–Kier alpha value is -2.36. The summed E-state index contributed by atoms with van der Waals surface area (Å²) in [5.41, 5.74) is 2.93. The van der Waals surface area contributed by atoms with Gasteiger partial charge in [-0.1, -0.05) is 49.9 Å². The van der Waals surface area contributed by atoms with Crippen LogP contribution in [0, 0.1) is 6.92 Å². The lowest BCUT2D eigenvalue weighted by molar-refractivity contribution is -0.115. The molecule has 0 bridgehead atoms. The number of nitrogens with zero attached hydrogens (tertiary/aromatic N) is 1. The SMILES string of the molecule is Cc1ccccc1CC(=O)Nc1ccc(NC2CCCCCC2)nc1. The van der Waals surface area contributed by atoms with Gasteiger partial charge in [0.15, 0.2) is 0 Å². The molecule has 1 aliphatic rings. The predicted molar refractivity (Wildman–Crippen MR) is 103 cm³/mol. The lowest BCUT2D eigenvalue weighted by atomic mass is 10.1. The van der Waals surface area contributed by atoms with Crippen molar-refractivity contribution in [2.75, 3.05) is 10.6 Å². The van der Waals surface area contributed by atoms with E-state index in [0.717, 1.165) is 22.6 Å². The van der Waals surface area contributed by atoms with E-state index in [1.165, 1.54) is 38.5 Å². The van der Waals surface area contributed by atoms with E-state index in [2.05, 4.69) is 15.6 Å². The van der Waals surface area contributed by atoms with E-state index in [4.69, 9.17) is 0 Å². The number of aromatic nitrogens is 1. The van der Waals surface area contributed by atoms with Gasteiger partial charge in [0.25, 0.3) is 0 Å². The van der Waals surface area contributed by atoms with E-state index in [1.807, 2.05) is 43.3 Å². The summed E-state index contributed by atoms with van der Waals surface area (Å²) in [5.74, 6) is 0.879. The number of carbonyl (C=O) groups is 1. The Morgan fingerprint density at radius 1 is 1.08 bits per heavy atom. The van der Waals surface area contributed by atoms with E-state index in [1.54, 1.807) is 6.20 Å². The minimum absolute atomic E-state index is 0.0134. The molecule has 1 saturated carbocycles. The molecule has 1 aliphatic carbocycles. The lowest BCUT2D eigenvalue weighted by Crippen LogP contribution is -2.19. The van der Waals surface area contributed by atoms with Crippen LogP contribution in [-0.4, -0.2) is 16.9 Å². The monoisotopic (exact) mass is 337 g/mol. The number of hydrogen-bond acceptors (Lipinski definition) is 3. The first-order valence-electron chi connectivity index (χ1n) is 9.27. The van der Waals surface area contributed by atoms with Gasteiger partial charge < -0.3 is 10.6 Å². The third-order valence-electron chi connectivity index (χ3n) is 4.87. The second-order valence-electron chi connectivity index (χ2n) is 6.92. The highest BCUT2D eigenvalue weighted by molar-refractivity contribution is 5.92. The molecule has 1 aromatic carbocycles. The van der Waals surface area contributed by atoms with Crippen molar-refractivity contribution < 1.29 is 4.79 Å². The summed E-state index contributed by atoms with van der Waals surface area (Å²) in [6, 6.07) is 12.4. The fraction of sp³-hybridized carbons (Fsp3) is 0.429. The van der Waals surface area contributed by atoms with Gasteiger partial charge in [0.1, 0.15) is 5.82 Å². The molecular formula is C21H27N3O. The smallest absolute Gasteiger partial charge is 0.228 e. The van der Waals surface area contributed by atoms with E-state index in [9.17, 15) is 4.79 Å². The summed E-state index contributed by atoms with van der Waals surface area (Å²) < 4.78 is 0. The molecule has 0 saturated heterocycles. The van der Waals surface area contributed by atoms with Gasteiger partial charge in [-0.05, 0) is 43.0 Å². The fourth-order valence-electron chi connectivity index (χ4n) is 3.37. The van der Waals surface area contributed by atoms with E-state index in [-0.39, 0.29) is 5.91 Å². The molecule has 3 rings (SSSR count). The average Bonchev–Trinajstić information content (AvgIpc) is 2.87. The highest BCUT2D eigenvalue weighted by Crippen LogP contribution is 2.21. The van der Waals surface area contributed by atoms with Gasteiger partial charge in [0, 0.05) is 6.04 Å². The molecular weight excluding hydrogens is 310 g/mol. The number of anilines is 2. The van der Waals surface area contributed by atoms with Gasteiger partial charge in [0.2, 0.25) is 5.91 Å². The van der Waals surface area contributed by atoms with Crippen molar-refractivity contribution in [1.82, 2.24) is 4.98 Å². The highest BCUT2D eigenvalue weighted by Gasteiger charge is 2.12. The molecule has 2 N–H and O–H groups in total. The molecule has 132 valence electrons. The first kappa shape index (κ1) is 17.5. The molecule has 0 unspecified atom stereocenters. The molecule has 1 heterocycles. The van der Waals surface area contributed by atoms with Gasteiger partial charge in [0.05, 0.1) is 18.3 Å². The minimum Gasteiger partial charge on any atom is -0.367 e. The number of nitrogens with one attached hydrogen (secondary N) is 2. The summed E-state index contributed by atoms with van der Waals surface area (Å²) in [4.78, 5) is 16.7. The molecule has 1 fully saturated rings. The Balaban J connectivity index is 1.53. The van der Waals surface area contributed by atoms with E-state index >= 15 is 0 Å². The number of rotatable bonds is 5. The van der Waals surface area contributed by atoms with Crippen LogP contribution in [-0.2, 0) is 11.2 Å². The third-order valence-corrected chi connectivity index (χ3v) is 4.87. The average molecular weight is 337 g/mol. The Kier molecular flexibility index (Phi) is 6.04. The molecule has 0 atom stereocenters. The van der Waals surface area contributed by atoms with Gasteiger partial charge in [-0.15, -0.1) is 0 Å². The second-order valence-corrected chi connectivity index (χ2v) is 6.92. The molecule has 0 spiro atoms. The van der Waals surface area contributed by atoms with Gasteiger partial charge in [-0.25, -0.2) is 4.98 Å². The molecule has 4 heteroatoms. The Labute approximate surface area is 150 Å². The van der Waals surface area contributed by atoms with Crippen molar-refractivity contribution in [2.45, 2.75) is 57.9 Å². The quantitative estimate of drug-likeness (QED) is 0.777. The van der Waals surface area contributed by atoms with Crippen molar-refractivity contribution >= 4 is 17.4 Å². The number of pyridine rings is 1. The van der Waals surface area contributed by atoms with Crippen LogP contribution in [0.2, 0.25) is 0 Å². The maximum atomic E-state index is 12.2. The standard InChI is InChI=1S/C21H27N3O/c1-16-8-6-7-9-17(16)14-21(25)24-19-12-13-20(22-15-19)23-18-10-4-2-3-5-11-18/h6-9,12-13,15,18H,2-5,10-11,14H2,1H3,(H,22,23)(H,24,25). The van der Waals surface area contributed by atoms with Crippen LogP contribution >= 0.6 is 0 Å². The van der Waals surface area contributed by atoms with Gasteiger partial charge in [-0.3, -0.25) is 4.79 Å². The number of carbonyl (C=O) groups excluding carboxylic acids is 1. The van der Waals surface area contributed by atoms with Crippen LogP contribution in [0.25, 0.3) is 0 Å². The maximum Gasteiger partial charge on any atom is 0.228 e. The zero-order valence-corrected chi connectivity index (χ0v) is 14.9. The van der Waals surface area contributed by atoms with Crippen molar-refractivity contribution in [2.24, 2.45) is 0 Å².